The van der Waals surface area contributed by atoms with Crippen LogP contribution in [0.5, 0.6) is 23.3 Å². The van der Waals surface area contributed by atoms with Crippen molar-refractivity contribution in [2.45, 2.75) is 25.2 Å². The largest absolute Gasteiger partial charge is 0.465 e. The molecular weight excluding hydrogens is 452 g/mol. The summed E-state index contributed by atoms with van der Waals surface area (Å²) in [5.41, 5.74) is 4.86. The van der Waals surface area contributed by atoms with Crippen molar-refractivity contribution in [3.05, 3.63) is 114 Å². The smallest absolute Gasteiger partial charge is 0.337 e. The molecule has 1 aliphatic carbocycles. The number of carbonyl (C=O) groups excluding carboxylic acids is 1. The lowest BCUT2D eigenvalue weighted by atomic mass is 9.79. The third-order valence-corrected chi connectivity index (χ3v) is 6.35. The van der Waals surface area contributed by atoms with E-state index in [1.165, 1.54) is 36.5 Å². The number of ether oxygens (including phenoxy) is 3. The number of aryl methyl sites for hydroxylation is 1. The van der Waals surface area contributed by atoms with E-state index in [1.54, 1.807) is 30.3 Å². The van der Waals surface area contributed by atoms with Gasteiger partial charge in [0.2, 0.25) is 11.8 Å². The average molecular weight is 479 g/mol. The number of benzene rings is 3. The number of methoxy groups -OCH3 is 1. The maximum absolute atomic E-state index is 11.9. The first-order valence-electron chi connectivity index (χ1n) is 11.8. The lowest BCUT2D eigenvalue weighted by molar-refractivity contribution is -0.133. The summed E-state index contributed by atoms with van der Waals surface area (Å²) in [5, 5.41) is 0. The molecule has 1 aliphatic rings. The van der Waals surface area contributed by atoms with Crippen LogP contribution in [0.3, 0.4) is 0 Å². The van der Waals surface area contributed by atoms with E-state index in [-0.39, 0.29) is 11.5 Å². The van der Waals surface area contributed by atoms with E-state index in [9.17, 15) is 4.79 Å². The van der Waals surface area contributed by atoms with Gasteiger partial charge in [-0.3, -0.25) is 0 Å². The number of aromatic nitrogens is 2. The topological polar surface area (TPSA) is 70.5 Å². The molecule has 4 aromatic rings. The van der Waals surface area contributed by atoms with Crippen molar-refractivity contribution in [2.24, 2.45) is 0 Å². The highest BCUT2D eigenvalue weighted by atomic mass is 16.5. The van der Waals surface area contributed by atoms with Crippen LogP contribution in [0.4, 0.5) is 0 Å². The van der Waals surface area contributed by atoms with Gasteiger partial charge in [-0.25, -0.2) is 14.8 Å². The van der Waals surface area contributed by atoms with Gasteiger partial charge < -0.3 is 14.2 Å². The molecule has 0 spiro atoms. The second-order valence-corrected chi connectivity index (χ2v) is 8.58. The lowest BCUT2D eigenvalue weighted by Gasteiger charge is -2.26. The predicted molar refractivity (Wildman–Crippen MR) is 137 cm³/mol. The second-order valence-electron chi connectivity index (χ2n) is 8.58. The molecule has 0 saturated carbocycles. The van der Waals surface area contributed by atoms with Crippen molar-refractivity contribution in [3.63, 3.8) is 0 Å². The second kappa shape index (κ2) is 10.4. The first kappa shape index (κ1) is 23.3. The number of carbonyl (C=O) groups is 1. The van der Waals surface area contributed by atoms with Crippen molar-refractivity contribution >= 4 is 11.5 Å². The molecule has 3 aromatic carbocycles. The van der Waals surface area contributed by atoms with Gasteiger partial charge in [-0.15, -0.1) is 0 Å². The van der Waals surface area contributed by atoms with E-state index in [0.717, 1.165) is 12.8 Å². The first-order valence-corrected chi connectivity index (χ1v) is 11.8. The summed E-state index contributed by atoms with van der Waals surface area (Å²) < 4.78 is 16.7. The molecular formula is C30H26N2O4. The zero-order valence-electron chi connectivity index (χ0n) is 20.0. The molecule has 0 bridgehead atoms. The van der Waals surface area contributed by atoms with Crippen LogP contribution >= 0.6 is 0 Å². The maximum atomic E-state index is 11.9. The van der Waals surface area contributed by atoms with Crippen LogP contribution in [0.15, 0.2) is 91.8 Å². The van der Waals surface area contributed by atoms with Crippen LogP contribution in [-0.2, 0) is 16.0 Å². The summed E-state index contributed by atoms with van der Waals surface area (Å²) in [6.45, 7) is 3.81. The van der Waals surface area contributed by atoms with Gasteiger partial charge in [-0.05, 0) is 54.2 Å². The Morgan fingerprint density at radius 1 is 0.917 bits per heavy atom. The molecule has 6 nitrogen and oxygen atoms in total. The highest BCUT2D eigenvalue weighted by molar-refractivity contribution is 6.16. The van der Waals surface area contributed by atoms with E-state index in [4.69, 9.17) is 14.2 Å². The maximum Gasteiger partial charge on any atom is 0.337 e. The van der Waals surface area contributed by atoms with E-state index in [1.807, 2.05) is 12.1 Å². The summed E-state index contributed by atoms with van der Waals surface area (Å²) in [7, 11) is 1.31. The molecule has 0 fully saturated rings. The van der Waals surface area contributed by atoms with Crippen molar-refractivity contribution < 1.29 is 19.0 Å². The van der Waals surface area contributed by atoms with E-state index in [0.29, 0.717) is 28.9 Å². The van der Waals surface area contributed by atoms with Gasteiger partial charge in [0.1, 0.15) is 17.8 Å². The third-order valence-electron chi connectivity index (χ3n) is 6.35. The molecule has 36 heavy (non-hydrogen) atoms. The van der Waals surface area contributed by atoms with E-state index < -0.39 is 5.97 Å². The van der Waals surface area contributed by atoms with Gasteiger partial charge in [0.05, 0.1) is 18.7 Å². The molecule has 1 aromatic heterocycles. The molecule has 0 amide bonds. The normalized spacial score (nSPS) is 14.4. The predicted octanol–water partition coefficient (Wildman–Crippen LogP) is 6.72. The minimum Gasteiger partial charge on any atom is -0.465 e. The number of hydrogen-bond acceptors (Lipinski definition) is 6. The van der Waals surface area contributed by atoms with E-state index >= 15 is 0 Å². The van der Waals surface area contributed by atoms with Gasteiger partial charge in [-0.1, -0.05) is 61.2 Å². The van der Waals surface area contributed by atoms with Crippen LogP contribution < -0.4 is 9.47 Å². The first-order chi connectivity index (χ1) is 17.6. The lowest BCUT2D eigenvalue weighted by Crippen LogP contribution is -2.10. The fourth-order valence-corrected chi connectivity index (χ4v) is 4.57. The molecule has 1 atom stereocenters. The summed E-state index contributed by atoms with van der Waals surface area (Å²) in [6, 6.07) is 25.5. The Kier molecular flexibility index (Phi) is 6.76. The molecule has 6 heteroatoms. The highest BCUT2D eigenvalue weighted by Gasteiger charge is 2.21. The summed E-state index contributed by atoms with van der Waals surface area (Å²) in [6.07, 6.45) is 4.86. The SMILES string of the molecule is C=C(C(=O)OC)c1ccccc1Oc1cc(Oc2ccc(C3CCCc4ccccc43)cc2)ncn1. The molecule has 5 rings (SSSR count). The van der Waals surface area contributed by atoms with E-state index in [2.05, 4.69) is 52.9 Å². The summed E-state index contributed by atoms with van der Waals surface area (Å²) in [4.78, 5) is 20.3. The molecule has 0 N–H and O–H groups in total. The van der Waals surface area contributed by atoms with Crippen LogP contribution in [0, 0.1) is 0 Å². The molecule has 1 unspecified atom stereocenters. The Hall–Kier alpha value is -4.45. The van der Waals surface area contributed by atoms with Crippen molar-refractivity contribution in [1.82, 2.24) is 9.97 Å². The Morgan fingerprint density at radius 2 is 1.64 bits per heavy atom. The zero-order valence-corrected chi connectivity index (χ0v) is 20.0. The minimum atomic E-state index is -0.530. The summed E-state index contributed by atoms with van der Waals surface area (Å²) >= 11 is 0. The number of esters is 1. The zero-order chi connectivity index (χ0) is 24.9. The Morgan fingerprint density at radius 3 is 2.44 bits per heavy atom. The Labute approximate surface area is 210 Å². The number of para-hydroxylation sites is 1. The number of fused-ring (bicyclic) bond motifs is 1. The van der Waals surface area contributed by atoms with Crippen molar-refractivity contribution in [2.75, 3.05) is 7.11 Å². The quantitative estimate of drug-likeness (QED) is 0.217. The molecule has 0 aliphatic heterocycles. The average Bonchev–Trinajstić information content (AvgIpc) is 2.93. The minimum absolute atomic E-state index is 0.194. The number of hydrogen-bond donors (Lipinski definition) is 0. The number of nitrogens with zero attached hydrogens (tertiary/aromatic N) is 2. The van der Waals surface area contributed by atoms with Crippen LogP contribution in [0.2, 0.25) is 0 Å². The van der Waals surface area contributed by atoms with Crippen LogP contribution in [0.1, 0.15) is 41.0 Å². The molecule has 1 heterocycles. The highest BCUT2D eigenvalue weighted by Crippen LogP contribution is 2.37. The van der Waals surface area contributed by atoms with Crippen molar-refractivity contribution in [3.8, 4) is 23.3 Å². The Balaban J connectivity index is 1.31. The van der Waals surface area contributed by atoms with Gasteiger partial charge in [0.15, 0.2) is 0 Å². The summed E-state index contributed by atoms with van der Waals surface area (Å²) in [5.74, 6) is 1.60. The standard InChI is InChI=1S/C30H26N2O4/c1-20(30(33)34-2)24-10-5-6-13-27(24)36-29-18-28(31-19-32-29)35-23-16-14-22(15-17-23)26-12-7-9-21-8-3-4-11-25(21)26/h3-6,8,10-11,13-19,26H,1,7,9,12H2,2H3. The fraction of sp³-hybridized carbons (Fsp3) is 0.167. The molecule has 0 saturated heterocycles. The Bertz CT molecular complexity index is 1400. The van der Waals surface area contributed by atoms with Crippen molar-refractivity contribution in [1.29, 1.82) is 0 Å². The van der Waals surface area contributed by atoms with Gasteiger partial charge in [0, 0.05) is 11.5 Å². The van der Waals surface area contributed by atoms with Crippen LogP contribution in [-0.4, -0.2) is 23.0 Å². The van der Waals surface area contributed by atoms with Gasteiger partial charge in [0.25, 0.3) is 0 Å². The van der Waals surface area contributed by atoms with Gasteiger partial charge in [-0.2, -0.15) is 0 Å². The monoisotopic (exact) mass is 478 g/mol. The fourth-order valence-electron chi connectivity index (χ4n) is 4.57. The third kappa shape index (κ3) is 4.98. The van der Waals surface area contributed by atoms with Gasteiger partial charge >= 0.3 is 5.97 Å². The van der Waals surface area contributed by atoms with Crippen LogP contribution in [0.25, 0.3) is 5.57 Å². The molecule has 0 radical (unpaired) electrons. The number of rotatable bonds is 7. The molecule has 180 valence electrons.